The lowest BCUT2D eigenvalue weighted by atomic mass is 10.1. The van der Waals surface area contributed by atoms with E-state index >= 15 is 0 Å². The number of hydrogen-bond donors (Lipinski definition) is 1. The summed E-state index contributed by atoms with van der Waals surface area (Å²) in [5, 5.41) is 8.64. The second kappa shape index (κ2) is 6.38. The van der Waals surface area contributed by atoms with Crippen molar-refractivity contribution in [1.82, 2.24) is 0 Å². The SMILES string of the molecule is CCCSc1ccc(/C(C)=C/C(=O)O)cc1. The number of hydrogen-bond acceptors (Lipinski definition) is 2. The fourth-order valence-electron chi connectivity index (χ4n) is 1.30. The van der Waals surface area contributed by atoms with Gasteiger partial charge in [0.15, 0.2) is 0 Å². The van der Waals surface area contributed by atoms with Gasteiger partial charge >= 0.3 is 5.97 Å². The highest BCUT2D eigenvalue weighted by Crippen LogP contribution is 2.21. The minimum absolute atomic E-state index is 0.777. The minimum Gasteiger partial charge on any atom is -0.478 e. The number of aliphatic carboxylic acids is 1. The molecule has 0 heterocycles. The summed E-state index contributed by atoms with van der Waals surface area (Å²) in [6.07, 6.45) is 2.39. The lowest BCUT2D eigenvalue weighted by Crippen LogP contribution is -1.89. The third kappa shape index (κ3) is 4.11. The molecule has 1 N–H and O–H groups in total. The summed E-state index contributed by atoms with van der Waals surface area (Å²) >= 11 is 1.82. The molecule has 0 bridgehead atoms. The van der Waals surface area contributed by atoms with E-state index in [0.29, 0.717) is 0 Å². The lowest BCUT2D eigenvalue weighted by Gasteiger charge is -2.03. The molecule has 86 valence electrons. The van der Waals surface area contributed by atoms with E-state index in [9.17, 15) is 4.79 Å². The van der Waals surface area contributed by atoms with Crippen molar-refractivity contribution in [2.24, 2.45) is 0 Å². The number of carboxylic acids is 1. The van der Waals surface area contributed by atoms with Crippen molar-refractivity contribution in [2.45, 2.75) is 25.2 Å². The van der Waals surface area contributed by atoms with Gasteiger partial charge in [-0.15, -0.1) is 11.8 Å². The molecule has 1 rings (SSSR count). The second-order valence-electron chi connectivity index (χ2n) is 3.54. The van der Waals surface area contributed by atoms with Gasteiger partial charge in [-0.25, -0.2) is 4.79 Å². The Hall–Kier alpha value is -1.22. The Labute approximate surface area is 100 Å². The molecule has 0 aromatic heterocycles. The van der Waals surface area contributed by atoms with Gasteiger partial charge < -0.3 is 5.11 Å². The van der Waals surface area contributed by atoms with Crippen LogP contribution in [0.3, 0.4) is 0 Å². The normalized spacial score (nSPS) is 11.5. The van der Waals surface area contributed by atoms with Crippen LogP contribution >= 0.6 is 11.8 Å². The fourth-order valence-corrected chi connectivity index (χ4v) is 2.07. The molecule has 0 atom stereocenters. The van der Waals surface area contributed by atoms with Crippen LogP contribution in [0.5, 0.6) is 0 Å². The van der Waals surface area contributed by atoms with E-state index in [2.05, 4.69) is 6.92 Å². The number of carbonyl (C=O) groups is 1. The Morgan fingerprint density at radius 3 is 2.50 bits per heavy atom. The van der Waals surface area contributed by atoms with Gasteiger partial charge in [-0.1, -0.05) is 19.1 Å². The molecule has 0 spiro atoms. The summed E-state index contributed by atoms with van der Waals surface area (Å²) in [6.45, 7) is 3.96. The average molecular weight is 236 g/mol. The number of carboxylic acid groups (broad SMARTS) is 1. The van der Waals surface area contributed by atoms with Crippen molar-refractivity contribution >= 4 is 23.3 Å². The summed E-state index contributed by atoms with van der Waals surface area (Å²) in [7, 11) is 0. The van der Waals surface area contributed by atoms with Crippen molar-refractivity contribution in [3.05, 3.63) is 35.9 Å². The van der Waals surface area contributed by atoms with Crippen molar-refractivity contribution < 1.29 is 9.90 Å². The van der Waals surface area contributed by atoms with Crippen LogP contribution in [0.25, 0.3) is 5.57 Å². The van der Waals surface area contributed by atoms with Crippen molar-refractivity contribution in [1.29, 1.82) is 0 Å². The predicted octanol–water partition coefficient (Wildman–Crippen LogP) is 3.68. The Morgan fingerprint density at radius 2 is 2.00 bits per heavy atom. The quantitative estimate of drug-likeness (QED) is 0.626. The molecule has 0 saturated carbocycles. The summed E-state index contributed by atoms with van der Waals surface area (Å²) < 4.78 is 0. The average Bonchev–Trinajstić information content (AvgIpc) is 2.26. The molecule has 1 aromatic rings. The van der Waals surface area contributed by atoms with E-state index in [0.717, 1.165) is 23.3 Å². The van der Waals surface area contributed by atoms with Gasteiger partial charge in [0.2, 0.25) is 0 Å². The molecule has 0 unspecified atom stereocenters. The molecule has 0 aliphatic carbocycles. The highest BCUT2D eigenvalue weighted by molar-refractivity contribution is 7.99. The van der Waals surface area contributed by atoms with Crippen LogP contribution in [0.2, 0.25) is 0 Å². The van der Waals surface area contributed by atoms with Crippen LogP contribution in [-0.2, 0) is 4.79 Å². The minimum atomic E-state index is -0.901. The first-order chi connectivity index (χ1) is 7.63. The Balaban J connectivity index is 2.74. The molecule has 1 aromatic carbocycles. The molecule has 0 fully saturated rings. The van der Waals surface area contributed by atoms with E-state index < -0.39 is 5.97 Å². The second-order valence-corrected chi connectivity index (χ2v) is 4.71. The van der Waals surface area contributed by atoms with Crippen LogP contribution in [0.15, 0.2) is 35.2 Å². The number of rotatable bonds is 5. The van der Waals surface area contributed by atoms with Crippen LogP contribution in [0.1, 0.15) is 25.8 Å². The molecule has 0 saturated heterocycles. The first-order valence-corrected chi connectivity index (χ1v) is 6.26. The van der Waals surface area contributed by atoms with Gasteiger partial charge in [-0.2, -0.15) is 0 Å². The highest BCUT2D eigenvalue weighted by atomic mass is 32.2. The Morgan fingerprint density at radius 1 is 1.38 bits per heavy atom. The first-order valence-electron chi connectivity index (χ1n) is 5.28. The molecule has 0 aliphatic heterocycles. The predicted molar refractivity (Wildman–Crippen MR) is 68.7 cm³/mol. The lowest BCUT2D eigenvalue weighted by molar-refractivity contribution is -0.131. The van der Waals surface area contributed by atoms with Gasteiger partial charge in [0, 0.05) is 11.0 Å². The summed E-state index contributed by atoms with van der Waals surface area (Å²) in [5.41, 5.74) is 1.74. The molecular weight excluding hydrogens is 220 g/mol. The standard InChI is InChI=1S/C13H16O2S/c1-3-8-16-12-6-4-11(5-7-12)10(2)9-13(14)15/h4-7,9H,3,8H2,1-2H3,(H,14,15)/b10-9+. The van der Waals surface area contributed by atoms with E-state index in [1.807, 2.05) is 43.0 Å². The number of allylic oxidation sites excluding steroid dienone is 1. The summed E-state index contributed by atoms with van der Waals surface area (Å²) in [6, 6.07) is 8.00. The molecule has 0 radical (unpaired) electrons. The Kier molecular flexibility index (Phi) is 5.12. The van der Waals surface area contributed by atoms with Crippen molar-refractivity contribution in [3.63, 3.8) is 0 Å². The number of benzene rings is 1. The van der Waals surface area contributed by atoms with Crippen LogP contribution in [0, 0.1) is 0 Å². The highest BCUT2D eigenvalue weighted by Gasteiger charge is 1.99. The molecule has 2 nitrogen and oxygen atoms in total. The smallest absolute Gasteiger partial charge is 0.328 e. The molecule has 0 amide bonds. The molecule has 0 aliphatic rings. The third-order valence-corrected chi connectivity index (χ3v) is 3.34. The Bertz CT molecular complexity index is 379. The maximum Gasteiger partial charge on any atom is 0.328 e. The molecule has 16 heavy (non-hydrogen) atoms. The largest absolute Gasteiger partial charge is 0.478 e. The maximum absolute atomic E-state index is 10.5. The fraction of sp³-hybridized carbons (Fsp3) is 0.308. The van der Waals surface area contributed by atoms with E-state index in [1.54, 1.807) is 0 Å². The van der Waals surface area contributed by atoms with Gasteiger partial charge in [0.05, 0.1) is 0 Å². The maximum atomic E-state index is 10.5. The van der Waals surface area contributed by atoms with Crippen LogP contribution in [0.4, 0.5) is 0 Å². The zero-order valence-corrected chi connectivity index (χ0v) is 10.4. The van der Waals surface area contributed by atoms with Gasteiger partial charge in [0.1, 0.15) is 0 Å². The third-order valence-electron chi connectivity index (χ3n) is 2.12. The van der Waals surface area contributed by atoms with Gasteiger partial charge in [0.25, 0.3) is 0 Å². The van der Waals surface area contributed by atoms with Crippen molar-refractivity contribution in [2.75, 3.05) is 5.75 Å². The monoisotopic (exact) mass is 236 g/mol. The van der Waals surface area contributed by atoms with Crippen LogP contribution < -0.4 is 0 Å². The van der Waals surface area contributed by atoms with Crippen LogP contribution in [-0.4, -0.2) is 16.8 Å². The zero-order chi connectivity index (χ0) is 12.0. The summed E-state index contributed by atoms with van der Waals surface area (Å²) in [4.78, 5) is 11.7. The van der Waals surface area contributed by atoms with E-state index in [1.165, 1.54) is 11.0 Å². The first kappa shape index (κ1) is 12.8. The van der Waals surface area contributed by atoms with E-state index in [-0.39, 0.29) is 0 Å². The zero-order valence-electron chi connectivity index (χ0n) is 9.56. The van der Waals surface area contributed by atoms with Gasteiger partial charge in [-0.05, 0) is 42.4 Å². The van der Waals surface area contributed by atoms with Crippen molar-refractivity contribution in [3.8, 4) is 0 Å². The topological polar surface area (TPSA) is 37.3 Å². The number of thioether (sulfide) groups is 1. The molecular formula is C13H16O2S. The van der Waals surface area contributed by atoms with E-state index in [4.69, 9.17) is 5.11 Å². The summed E-state index contributed by atoms with van der Waals surface area (Å²) in [5.74, 6) is 0.213. The van der Waals surface area contributed by atoms with Gasteiger partial charge in [-0.3, -0.25) is 0 Å². The molecule has 3 heteroatoms.